The average molecular weight is 448 g/mol. The van der Waals surface area contributed by atoms with Crippen LogP contribution >= 0.6 is 0 Å². The van der Waals surface area contributed by atoms with Crippen LogP contribution < -0.4 is 27.0 Å². The second kappa shape index (κ2) is 10.0. The lowest BCUT2D eigenvalue weighted by Crippen LogP contribution is -2.48. The maximum atomic E-state index is 13.2. The Hall–Kier alpha value is -3.44. The van der Waals surface area contributed by atoms with E-state index in [-0.39, 0.29) is 12.1 Å². The number of benzene rings is 1. The van der Waals surface area contributed by atoms with Crippen molar-refractivity contribution in [3.05, 3.63) is 64.8 Å². The first-order valence-electron chi connectivity index (χ1n) is 11.6. The highest BCUT2D eigenvalue weighted by molar-refractivity contribution is 5.86. The third-order valence-electron chi connectivity index (χ3n) is 6.78. The van der Waals surface area contributed by atoms with Gasteiger partial charge in [-0.05, 0) is 65.9 Å². The first-order valence-corrected chi connectivity index (χ1v) is 11.6. The fraction of sp³-hybridized carbons (Fsp3) is 0.440. The molecule has 0 bridgehead atoms. The van der Waals surface area contributed by atoms with Crippen LogP contribution in [0.2, 0.25) is 0 Å². The monoisotopic (exact) mass is 447 g/mol. The first kappa shape index (κ1) is 22.7. The molecule has 33 heavy (non-hydrogen) atoms. The fourth-order valence-electron chi connectivity index (χ4n) is 5.10. The Morgan fingerprint density at radius 1 is 1.33 bits per heavy atom. The molecule has 3 aliphatic rings. The minimum atomic E-state index is -0.471. The molecule has 0 radical (unpaired) electrons. The van der Waals surface area contributed by atoms with Crippen molar-refractivity contribution in [3.8, 4) is 6.07 Å². The summed E-state index contributed by atoms with van der Waals surface area (Å²) in [5.41, 5.74) is 11.0. The molecule has 8 nitrogen and oxygen atoms in total. The Balaban J connectivity index is 1.47. The van der Waals surface area contributed by atoms with Gasteiger partial charge in [0.2, 0.25) is 5.91 Å². The molecule has 0 aromatic heterocycles. The van der Waals surface area contributed by atoms with Crippen molar-refractivity contribution < 1.29 is 4.79 Å². The molecule has 1 aromatic carbocycles. The fourth-order valence-corrected chi connectivity index (χ4v) is 5.10. The van der Waals surface area contributed by atoms with E-state index >= 15 is 0 Å². The minimum absolute atomic E-state index is 0.103. The first-order chi connectivity index (χ1) is 16.0. The van der Waals surface area contributed by atoms with E-state index in [0.29, 0.717) is 24.6 Å². The summed E-state index contributed by atoms with van der Waals surface area (Å²) in [5, 5.41) is 22.3. The molecule has 2 heterocycles. The van der Waals surface area contributed by atoms with Gasteiger partial charge in [0.15, 0.2) is 0 Å². The Morgan fingerprint density at radius 2 is 2.12 bits per heavy atom. The number of nitrogens with two attached hydrogens (primary N) is 1. The molecule has 2 unspecified atom stereocenters. The lowest BCUT2D eigenvalue weighted by molar-refractivity contribution is -0.122. The molecule has 0 saturated heterocycles. The maximum absolute atomic E-state index is 13.2. The van der Waals surface area contributed by atoms with Crippen LogP contribution in [0.4, 0.5) is 0 Å². The number of nitriles is 1. The van der Waals surface area contributed by atoms with Gasteiger partial charge in [0.1, 0.15) is 12.2 Å². The number of dihydropyridines is 1. The highest BCUT2D eigenvalue weighted by Crippen LogP contribution is 2.35. The van der Waals surface area contributed by atoms with E-state index in [0.717, 1.165) is 28.1 Å². The van der Waals surface area contributed by atoms with Gasteiger partial charge in [-0.25, -0.2) is 0 Å². The zero-order valence-electron chi connectivity index (χ0n) is 19.3. The third-order valence-corrected chi connectivity index (χ3v) is 6.78. The molecular weight excluding hydrogens is 414 g/mol. The van der Waals surface area contributed by atoms with Crippen LogP contribution in [0.15, 0.2) is 48.1 Å². The van der Waals surface area contributed by atoms with Crippen LogP contribution in [-0.4, -0.2) is 43.7 Å². The molecule has 1 amide bonds. The third kappa shape index (κ3) is 4.69. The topological polar surface area (TPSA) is 118 Å². The van der Waals surface area contributed by atoms with Crippen molar-refractivity contribution in [2.24, 2.45) is 11.7 Å². The summed E-state index contributed by atoms with van der Waals surface area (Å²) in [6.45, 7) is 0.670. The van der Waals surface area contributed by atoms with Crippen molar-refractivity contribution in [2.45, 2.75) is 44.4 Å². The van der Waals surface area contributed by atoms with E-state index in [1.165, 1.54) is 25.7 Å². The second-order valence-electron chi connectivity index (χ2n) is 8.89. The zero-order chi connectivity index (χ0) is 23.4. The van der Waals surface area contributed by atoms with Crippen LogP contribution in [0.5, 0.6) is 0 Å². The summed E-state index contributed by atoms with van der Waals surface area (Å²) in [6, 6.07) is 7.31. The van der Waals surface area contributed by atoms with Gasteiger partial charge in [-0.2, -0.15) is 5.26 Å². The standard InChI is InChI=1S/C25H33N7O/c1-28-15-20(13-27)19-10-16(12-26)9-17(11-19)14-30-25(33)23-22-21(7-8-29-23)32(2)24(31-22)18-5-3-4-6-18/h7-11,15,18,23-24,28-29,31H,3-6,13-14,27H2,1-2H3,(H,30,33)/b20-15+. The van der Waals surface area contributed by atoms with E-state index in [1.807, 2.05) is 37.7 Å². The number of nitrogens with zero attached hydrogens (tertiary/aromatic N) is 2. The lowest BCUT2D eigenvalue weighted by atomic mass is 10.0. The van der Waals surface area contributed by atoms with Gasteiger partial charge in [-0.15, -0.1) is 0 Å². The molecule has 1 aromatic rings. The summed E-state index contributed by atoms with van der Waals surface area (Å²) >= 11 is 0. The molecule has 174 valence electrons. The number of likely N-dealkylation sites (N-methyl/N-ethyl adjacent to an activating group) is 1. The van der Waals surface area contributed by atoms with Crippen molar-refractivity contribution in [3.63, 3.8) is 0 Å². The summed E-state index contributed by atoms with van der Waals surface area (Å²) in [5.74, 6) is 0.501. The number of rotatable bonds is 7. The van der Waals surface area contributed by atoms with Crippen molar-refractivity contribution in [1.82, 2.24) is 26.2 Å². The highest BCUT2D eigenvalue weighted by Gasteiger charge is 2.40. The maximum Gasteiger partial charge on any atom is 0.249 e. The van der Waals surface area contributed by atoms with Gasteiger partial charge in [0.05, 0.1) is 23.0 Å². The predicted octanol–water partition coefficient (Wildman–Crippen LogP) is 1.44. The van der Waals surface area contributed by atoms with Gasteiger partial charge in [0, 0.05) is 33.4 Å². The van der Waals surface area contributed by atoms with E-state index < -0.39 is 6.04 Å². The largest absolute Gasteiger partial charge is 0.394 e. The summed E-state index contributed by atoms with van der Waals surface area (Å²) < 4.78 is 0. The van der Waals surface area contributed by atoms with E-state index in [9.17, 15) is 10.1 Å². The molecule has 1 fully saturated rings. The molecule has 0 spiro atoms. The van der Waals surface area contributed by atoms with Crippen LogP contribution in [0, 0.1) is 17.2 Å². The molecule has 4 rings (SSSR count). The van der Waals surface area contributed by atoms with Gasteiger partial charge in [-0.1, -0.05) is 12.8 Å². The van der Waals surface area contributed by atoms with Gasteiger partial charge in [0.25, 0.3) is 0 Å². The van der Waals surface area contributed by atoms with Gasteiger partial charge in [-0.3, -0.25) is 4.79 Å². The van der Waals surface area contributed by atoms with Crippen molar-refractivity contribution in [2.75, 3.05) is 20.6 Å². The Morgan fingerprint density at radius 3 is 2.82 bits per heavy atom. The average Bonchev–Trinajstić information content (AvgIpc) is 3.48. The number of hydrogen-bond acceptors (Lipinski definition) is 7. The summed E-state index contributed by atoms with van der Waals surface area (Å²) in [4.78, 5) is 15.4. The number of hydrogen-bond donors (Lipinski definition) is 5. The SMILES string of the molecule is CN/C=C(\CN)c1cc(C#N)cc(CNC(=O)C2NC=CC3=C2NC(C2CCCC2)N3C)c1. The van der Waals surface area contributed by atoms with Crippen molar-refractivity contribution in [1.29, 1.82) is 5.26 Å². The number of carbonyl (C=O) groups is 1. The Bertz CT molecular complexity index is 1030. The summed E-state index contributed by atoms with van der Waals surface area (Å²) in [6.07, 6.45) is 10.9. The van der Waals surface area contributed by atoms with Crippen molar-refractivity contribution >= 4 is 11.5 Å². The number of amides is 1. The minimum Gasteiger partial charge on any atom is -0.394 e. The Kier molecular flexibility index (Phi) is 6.90. The summed E-state index contributed by atoms with van der Waals surface area (Å²) in [7, 11) is 3.91. The highest BCUT2D eigenvalue weighted by atomic mass is 16.2. The van der Waals surface area contributed by atoms with E-state index in [2.05, 4.69) is 39.3 Å². The molecule has 1 saturated carbocycles. The smallest absolute Gasteiger partial charge is 0.249 e. The van der Waals surface area contributed by atoms with Gasteiger partial charge < -0.3 is 31.9 Å². The van der Waals surface area contributed by atoms with Crippen LogP contribution in [0.25, 0.3) is 5.57 Å². The van der Waals surface area contributed by atoms with Crippen LogP contribution in [-0.2, 0) is 11.3 Å². The lowest BCUT2D eigenvalue weighted by Gasteiger charge is -2.28. The molecule has 1 aliphatic carbocycles. The van der Waals surface area contributed by atoms with Crippen LogP contribution in [0.3, 0.4) is 0 Å². The predicted molar refractivity (Wildman–Crippen MR) is 129 cm³/mol. The number of carbonyl (C=O) groups excluding carboxylic acids is 1. The Labute approximate surface area is 195 Å². The number of allylic oxidation sites excluding steroid dienone is 1. The normalized spacial score (nSPS) is 22.5. The van der Waals surface area contributed by atoms with Crippen LogP contribution in [0.1, 0.15) is 42.4 Å². The molecule has 6 N–H and O–H groups in total. The molecule has 2 aliphatic heterocycles. The molecule has 2 atom stereocenters. The number of nitrogens with one attached hydrogen (secondary N) is 4. The quantitative estimate of drug-likeness (QED) is 0.429. The zero-order valence-corrected chi connectivity index (χ0v) is 19.3. The van der Waals surface area contributed by atoms with E-state index in [4.69, 9.17) is 5.73 Å². The van der Waals surface area contributed by atoms with E-state index in [1.54, 1.807) is 6.07 Å². The molecular formula is C25H33N7O. The van der Waals surface area contributed by atoms with Gasteiger partial charge >= 0.3 is 0 Å². The molecule has 8 heteroatoms. The second-order valence-corrected chi connectivity index (χ2v) is 8.89.